The van der Waals surface area contributed by atoms with Crippen LogP contribution in [0.25, 0.3) is 11.0 Å². The molecule has 0 spiro atoms. The van der Waals surface area contributed by atoms with Gasteiger partial charge < -0.3 is 29.2 Å². The number of amides is 1. The normalized spacial score (nSPS) is 14.3. The van der Waals surface area contributed by atoms with Crippen molar-refractivity contribution in [2.24, 2.45) is 0 Å². The molecule has 1 amide bonds. The van der Waals surface area contributed by atoms with Crippen LogP contribution in [0.2, 0.25) is 0 Å². The molecule has 9 heteroatoms. The van der Waals surface area contributed by atoms with E-state index in [0.29, 0.717) is 30.1 Å². The molecule has 0 aliphatic carbocycles. The lowest BCUT2D eigenvalue weighted by Gasteiger charge is -2.25. The molecule has 1 aromatic heterocycles. The van der Waals surface area contributed by atoms with Gasteiger partial charge in [-0.1, -0.05) is 6.07 Å². The second-order valence-corrected chi connectivity index (χ2v) is 7.85. The fourth-order valence-corrected chi connectivity index (χ4v) is 4.02. The first-order valence-electron chi connectivity index (χ1n) is 11.0. The first-order chi connectivity index (χ1) is 16.1. The van der Waals surface area contributed by atoms with E-state index in [1.54, 1.807) is 21.3 Å². The van der Waals surface area contributed by atoms with Crippen LogP contribution in [0.15, 0.2) is 30.3 Å². The van der Waals surface area contributed by atoms with Gasteiger partial charge in [0.05, 0.1) is 52.1 Å². The third kappa shape index (κ3) is 5.37. The van der Waals surface area contributed by atoms with Gasteiger partial charge in [0, 0.05) is 25.2 Å². The van der Waals surface area contributed by atoms with Gasteiger partial charge in [0.2, 0.25) is 11.7 Å². The molecule has 1 fully saturated rings. The van der Waals surface area contributed by atoms with E-state index < -0.39 is 0 Å². The second-order valence-electron chi connectivity index (χ2n) is 7.85. The summed E-state index contributed by atoms with van der Waals surface area (Å²) in [6, 6.07) is 9.41. The number of H-pyrrole nitrogens is 1. The smallest absolute Gasteiger partial charge is 0.224 e. The molecule has 0 radical (unpaired) electrons. The summed E-state index contributed by atoms with van der Waals surface area (Å²) in [5.41, 5.74) is 3.39. The number of anilines is 1. The van der Waals surface area contributed by atoms with E-state index in [1.807, 2.05) is 30.3 Å². The van der Waals surface area contributed by atoms with Gasteiger partial charge in [-0.25, -0.2) is 4.98 Å². The number of imidazole rings is 1. The number of carbonyl (C=O) groups excluding carboxylic acids is 1. The molecule has 9 nitrogen and oxygen atoms in total. The zero-order valence-corrected chi connectivity index (χ0v) is 19.3. The topological polar surface area (TPSA) is 97.9 Å². The molecule has 3 aromatic rings. The number of fused-ring (bicyclic) bond motifs is 1. The van der Waals surface area contributed by atoms with Crippen molar-refractivity contribution >= 4 is 22.6 Å². The lowest BCUT2D eigenvalue weighted by molar-refractivity contribution is -0.116. The van der Waals surface area contributed by atoms with E-state index in [-0.39, 0.29) is 5.91 Å². The van der Waals surface area contributed by atoms with Gasteiger partial charge >= 0.3 is 0 Å². The van der Waals surface area contributed by atoms with Gasteiger partial charge in [-0.2, -0.15) is 0 Å². The predicted molar refractivity (Wildman–Crippen MR) is 125 cm³/mol. The second kappa shape index (κ2) is 10.5. The van der Waals surface area contributed by atoms with Crippen LogP contribution < -0.4 is 19.5 Å². The van der Waals surface area contributed by atoms with Crippen LogP contribution >= 0.6 is 0 Å². The average Bonchev–Trinajstić information content (AvgIpc) is 3.24. The molecular weight excluding hydrogens is 424 g/mol. The number of morpholine rings is 1. The van der Waals surface area contributed by atoms with Crippen molar-refractivity contribution in [2.45, 2.75) is 19.4 Å². The van der Waals surface area contributed by atoms with Crippen molar-refractivity contribution in [2.75, 3.05) is 52.9 Å². The van der Waals surface area contributed by atoms with Crippen molar-refractivity contribution in [3.8, 4) is 17.2 Å². The number of ether oxygens (including phenoxy) is 4. The van der Waals surface area contributed by atoms with Gasteiger partial charge in [0.25, 0.3) is 0 Å². The van der Waals surface area contributed by atoms with E-state index in [4.69, 9.17) is 18.9 Å². The third-order valence-corrected chi connectivity index (χ3v) is 5.70. The maximum atomic E-state index is 12.6. The number of aryl methyl sites for hydroxylation is 1. The van der Waals surface area contributed by atoms with Crippen molar-refractivity contribution < 1.29 is 23.7 Å². The summed E-state index contributed by atoms with van der Waals surface area (Å²) in [5.74, 6) is 2.52. The fourth-order valence-electron chi connectivity index (χ4n) is 4.02. The van der Waals surface area contributed by atoms with Crippen LogP contribution in [0.3, 0.4) is 0 Å². The minimum absolute atomic E-state index is 0.0840. The van der Waals surface area contributed by atoms with Crippen LogP contribution in [-0.2, 0) is 22.5 Å². The number of aromatic amines is 1. The largest absolute Gasteiger partial charge is 0.493 e. The third-order valence-electron chi connectivity index (χ3n) is 5.70. The molecule has 0 atom stereocenters. The Morgan fingerprint density at radius 1 is 1.09 bits per heavy atom. The minimum atomic E-state index is -0.0840. The van der Waals surface area contributed by atoms with E-state index in [9.17, 15) is 4.79 Å². The van der Waals surface area contributed by atoms with E-state index in [2.05, 4.69) is 20.2 Å². The Labute approximate surface area is 193 Å². The summed E-state index contributed by atoms with van der Waals surface area (Å²) < 4.78 is 21.6. The summed E-state index contributed by atoms with van der Waals surface area (Å²) in [6.07, 6.45) is 0.806. The summed E-state index contributed by atoms with van der Waals surface area (Å²) in [5, 5.41) is 2.97. The standard InChI is InChI=1S/C24H30N4O5/c1-30-20-8-4-16(23(31-2)24(20)32-3)5-9-22(29)25-17-6-7-18-19(14-17)27-21(26-18)15-28-10-12-33-13-11-28/h4,6-8,14H,5,9-13,15H2,1-3H3,(H,25,29)(H,26,27). The number of carbonyl (C=O) groups is 1. The molecule has 2 heterocycles. The van der Waals surface area contributed by atoms with E-state index in [0.717, 1.165) is 61.0 Å². The van der Waals surface area contributed by atoms with Crippen LogP contribution in [0.4, 0.5) is 5.69 Å². The molecule has 0 bridgehead atoms. The van der Waals surface area contributed by atoms with E-state index >= 15 is 0 Å². The Kier molecular flexibility index (Phi) is 7.31. The Balaban J connectivity index is 1.38. The minimum Gasteiger partial charge on any atom is -0.493 e. The molecule has 0 unspecified atom stereocenters. The molecule has 1 saturated heterocycles. The number of aromatic nitrogens is 2. The van der Waals surface area contributed by atoms with Gasteiger partial charge in [0.15, 0.2) is 11.5 Å². The number of methoxy groups -OCH3 is 3. The SMILES string of the molecule is COc1ccc(CCC(=O)Nc2ccc3nc(CN4CCOCC4)[nH]c3c2)c(OC)c1OC. The highest BCUT2D eigenvalue weighted by Crippen LogP contribution is 2.40. The molecule has 4 rings (SSSR count). The molecule has 2 aromatic carbocycles. The summed E-state index contributed by atoms with van der Waals surface area (Å²) >= 11 is 0. The van der Waals surface area contributed by atoms with Crippen molar-refractivity contribution in [3.05, 3.63) is 41.7 Å². The molecule has 2 N–H and O–H groups in total. The number of rotatable bonds is 9. The van der Waals surface area contributed by atoms with Crippen LogP contribution in [-0.4, -0.2) is 68.4 Å². The molecular formula is C24H30N4O5. The van der Waals surface area contributed by atoms with Crippen molar-refractivity contribution in [3.63, 3.8) is 0 Å². The first kappa shape index (κ1) is 22.9. The van der Waals surface area contributed by atoms with Gasteiger partial charge in [-0.15, -0.1) is 0 Å². The Morgan fingerprint density at radius 2 is 1.88 bits per heavy atom. The number of benzene rings is 2. The number of nitrogens with zero attached hydrogens (tertiary/aromatic N) is 2. The Morgan fingerprint density at radius 3 is 2.61 bits per heavy atom. The Bertz CT molecular complexity index is 1110. The first-order valence-corrected chi connectivity index (χ1v) is 11.0. The molecule has 176 valence electrons. The molecule has 0 saturated carbocycles. The lowest BCUT2D eigenvalue weighted by atomic mass is 10.1. The quantitative estimate of drug-likeness (QED) is 0.513. The summed E-state index contributed by atoms with van der Waals surface area (Å²) in [6.45, 7) is 4.08. The maximum Gasteiger partial charge on any atom is 0.224 e. The number of hydrogen-bond donors (Lipinski definition) is 2. The van der Waals surface area contributed by atoms with Crippen molar-refractivity contribution in [1.82, 2.24) is 14.9 Å². The zero-order chi connectivity index (χ0) is 23.2. The average molecular weight is 455 g/mol. The van der Waals surface area contributed by atoms with Crippen LogP contribution in [0.1, 0.15) is 17.8 Å². The number of nitrogens with one attached hydrogen (secondary N) is 2. The highest BCUT2D eigenvalue weighted by atomic mass is 16.5. The maximum absolute atomic E-state index is 12.6. The molecule has 1 aliphatic rings. The van der Waals surface area contributed by atoms with Crippen molar-refractivity contribution in [1.29, 1.82) is 0 Å². The van der Waals surface area contributed by atoms with Crippen LogP contribution in [0.5, 0.6) is 17.2 Å². The van der Waals surface area contributed by atoms with Crippen LogP contribution in [0, 0.1) is 0 Å². The summed E-state index contributed by atoms with van der Waals surface area (Å²) in [4.78, 5) is 23.0. The monoisotopic (exact) mass is 454 g/mol. The van der Waals surface area contributed by atoms with Gasteiger partial charge in [-0.3, -0.25) is 9.69 Å². The fraction of sp³-hybridized carbons (Fsp3) is 0.417. The highest BCUT2D eigenvalue weighted by Gasteiger charge is 2.17. The number of hydrogen-bond acceptors (Lipinski definition) is 7. The summed E-state index contributed by atoms with van der Waals surface area (Å²) in [7, 11) is 4.72. The zero-order valence-electron chi connectivity index (χ0n) is 19.3. The molecule has 1 aliphatic heterocycles. The lowest BCUT2D eigenvalue weighted by Crippen LogP contribution is -2.35. The van der Waals surface area contributed by atoms with E-state index in [1.165, 1.54) is 0 Å². The predicted octanol–water partition coefficient (Wildman–Crippen LogP) is 2.99. The Hall–Kier alpha value is -3.30. The van der Waals surface area contributed by atoms with Gasteiger partial charge in [0.1, 0.15) is 5.82 Å². The molecule has 33 heavy (non-hydrogen) atoms. The van der Waals surface area contributed by atoms with Gasteiger partial charge in [-0.05, 0) is 36.2 Å². The highest BCUT2D eigenvalue weighted by molar-refractivity contribution is 5.93.